The van der Waals surface area contributed by atoms with Crippen molar-refractivity contribution in [1.82, 2.24) is 10.2 Å². The lowest BCUT2D eigenvalue weighted by atomic mass is 9.94. The van der Waals surface area contributed by atoms with Gasteiger partial charge in [0.2, 0.25) is 0 Å². The lowest BCUT2D eigenvalue weighted by molar-refractivity contribution is 0.211. The maximum absolute atomic E-state index is 9.02. The third-order valence-electron chi connectivity index (χ3n) is 4.02. The highest BCUT2D eigenvalue weighted by atomic mass is 15.1. The lowest BCUT2D eigenvalue weighted by Gasteiger charge is -2.28. The summed E-state index contributed by atoms with van der Waals surface area (Å²) in [6.07, 6.45) is 3.91. The number of rotatable bonds is 5. The molecule has 3 heteroatoms. The van der Waals surface area contributed by atoms with E-state index in [-0.39, 0.29) is 0 Å². The van der Waals surface area contributed by atoms with E-state index in [1.165, 1.54) is 32.4 Å². The number of benzene rings is 1. The van der Waals surface area contributed by atoms with Gasteiger partial charge in [0, 0.05) is 6.54 Å². The van der Waals surface area contributed by atoms with Crippen LogP contribution in [-0.2, 0) is 6.54 Å². The molecular weight excluding hydrogens is 234 g/mol. The van der Waals surface area contributed by atoms with Crippen LogP contribution in [-0.4, -0.2) is 31.6 Å². The highest BCUT2D eigenvalue weighted by Crippen LogP contribution is 2.18. The topological polar surface area (TPSA) is 39.1 Å². The predicted molar refractivity (Wildman–Crippen MR) is 77.7 cm³/mol. The molecule has 1 aromatic rings. The summed E-state index contributed by atoms with van der Waals surface area (Å²) >= 11 is 0. The van der Waals surface area contributed by atoms with Crippen LogP contribution in [0, 0.1) is 17.2 Å². The molecule has 1 saturated heterocycles. The number of piperidine rings is 1. The van der Waals surface area contributed by atoms with Crippen molar-refractivity contribution in [3.63, 3.8) is 0 Å². The number of likely N-dealkylation sites (tertiary alicyclic amines) is 1. The lowest BCUT2D eigenvalue weighted by Crippen LogP contribution is -2.31. The zero-order chi connectivity index (χ0) is 13.5. The monoisotopic (exact) mass is 257 g/mol. The fraction of sp³-hybridized carbons (Fsp3) is 0.562. The standard InChI is InChI=1S/C16H23N3/c1-19-10-7-14(8-11-19)6-9-18-13-16-5-3-2-4-15(16)12-17/h2-5,14,18H,6-11,13H2,1H3. The number of hydrogen-bond acceptors (Lipinski definition) is 3. The van der Waals surface area contributed by atoms with Gasteiger partial charge in [-0.3, -0.25) is 0 Å². The molecule has 2 rings (SSSR count). The Balaban J connectivity index is 1.68. The second kappa shape index (κ2) is 7.28. The smallest absolute Gasteiger partial charge is 0.0995 e. The highest BCUT2D eigenvalue weighted by Gasteiger charge is 2.15. The molecule has 1 aliphatic heterocycles. The van der Waals surface area contributed by atoms with Gasteiger partial charge in [-0.15, -0.1) is 0 Å². The van der Waals surface area contributed by atoms with Crippen LogP contribution in [0.5, 0.6) is 0 Å². The van der Waals surface area contributed by atoms with E-state index in [2.05, 4.69) is 23.3 Å². The van der Waals surface area contributed by atoms with E-state index in [1.54, 1.807) is 0 Å². The van der Waals surface area contributed by atoms with Crippen LogP contribution in [0.25, 0.3) is 0 Å². The number of nitriles is 1. The Morgan fingerprint density at radius 1 is 1.32 bits per heavy atom. The molecule has 0 spiro atoms. The molecule has 0 radical (unpaired) electrons. The maximum Gasteiger partial charge on any atom is 0.0995 e. The van der Waals surface area contributed by atoms with E-state index in [0.29, 0.717) is 0 Å². The first-order chi connectivity index (χ1) is 9.29. The molecule has 0 amide bonds. The zero-order valence-corrected chi connectivity index (χ0v) is 11.7. The van der Waals surface area contributed by atoms with Crippen LogP contribution in [0.2, 0.25) is 0 Å². The van der Waals surface area contributed by atoms with Gasteiger partial charge >= 0.3 is 0 Å². The Labute approximate surface area is 116 Å². The normalized spacial score (nSPS) is 17.3. The average Bonchev–Trinajstić information content (AvgIpc) is 2.46. The van der Waals surface area contributed by atoms with Crippen molar-refractivity contribution in [2.75, 3.05) is 26.7 Å². The first kappa shape index (κ1) is 14.0. The van der Waals surface area contributed by atoms with Crippen molar-refractivity contribution in [3.8, 4) is 6.07 Å². The largest absolute Gasteiger partial charge is 0.313 e. The summed E-state index contributed by atoms with van der Waals surface area (Å²) in [5.41, 5.74) is 1.89. The second-order valence-electron chi connectivity index (χ2n) is 5.48. The Kier molecular flexibility index (Phi) is 5.38. The van der Waals surface area contributed by atoms with Crippen molar-refractivity contribution in [1.29, 1.82) is 5.26 Å². The minimum Gasteiger partial charge on any atom is -0.313 e. The van der Waals surface area contributed by atoms with E-state index in [4.69, 9.17) is 5.26 Å². The van der Waals surface area contributed by atoms with Gasteiger partial charge in [-0.2, -0.15) is 5.26 Å². The first-order valence-electron chi connectivity index (χ1n) is 7.17. The molecule has 0 saturated carbocycles. The molecule has 1 aliphatic rings. The summed E-state index contributed by atoms with van der Waals surface area (Å²) in [5, 5.41) is 12.5. The zero-order valence-electron chi connectivity index (χ0n) is 11.7. The molecule has 1 heterocycles. The number of nitrogens with zero attached hydrogens (tertiary/aromatic N) is 2. The SMILES string of the molecule is CN1CCC(CCNCc2ccccc2C#N)CC1. The molecule has 102 valence electrons. The van der Waals surface area contributed by atoms with Crippen LogP contribution in [0.1, 0.15) is 30.4 Å². The number of nitrogens with one attached hydrogen (secondary N) is 1. The second-order valence-corrected chi connectivity index (χ2v) is 5.48. The van der Waals surface area contributed by atoms with Crippen molar-refractivity contribution < 1.29 is 0 Å². The van der Waals surface area contributed by atoms with Crippen molar-refractivity contribution in [2.24, 2.45) is 5.92 Å². The minimum absolute atomic E-state index is 0.786. The van der Waals surface area contributed by atoms with Gasteiger partial charge in [0.25, 0.3) is 0 Å². The van der Waals surface area contributed by atoms with E-state index in [0.717, 1.165) is 30.1 Å². The summed E-state index contributed by atoms with van der Waals surface area (Å²) in [4.78, 5) is 2.41. The summed E-state index contributed by atoms with van der Waals surface area (Å²) in [7, 11) is 2.20. The Bertz CT molecular complexity index is 428. The quantitative estimate of drug-likeness (QED) is 0.823. The van der Waals surface area contributed by atoms with Crippen LogP contribution >= 0.6 is 0 Å². The molecule has 0 unspecified atom stereocenters. The highest BCUT2D eigenvalue weighted by molar-refractivity contribution is 5.37. The van der Waals surface area contributed by atoms with Gasteiger partial charge in [-0.1, -0.05) is 18.2 Å². The van der Waals surface area contributed by atoms with Gasteiger partial charge in [0.05, 0.1) is 11.6 Å². The van der Waals surface area contributed by atoms with E-state index < -0.39 is 0 Å². The molecule has 0 bridgehead atoms. The van der Waals surface area contributed by atoms with Gasteiger partial charge < -0.3 is 10.2 Å². The summed E-state index contributed by atoms with van der Waals surface area (Å²) in [6, 6.07) is 10.1. The molecule has 1 fully saturated rings. The molecule has 3 nitrogen and oxygen atoms in total. The van der Waals surface area contributed by atoms with Crippen LogP contribution in [0.15, 0.2) is 24.3 Å². The van der Waals surface area contributed by atoms with Gasteiger partial charge in [0.15, 0.2) is 0 Å². The molecule has 0 atom stereocenters. The van der Waals surface area contributed by atoms with Crippen LogP contribution in [0.4, 0.5) is 0 Å². The molecule has 0 aliphatic carbocycles. The van der Waals surface area contributed by atoms with E-state index in [1.807, 2.05) is 24.3 Å². The van der Waals surface area contributed by atoms with Gasteiger partial charge in [-0.05, 0) is 63.5 Å². The fourth-order valence-corrected chi connectivity index (χ4v) is 2.66. The Hall–Kier alpha value is -1.37. The average molecular weight is 257 g/mol. The third kappa shape index (κ3) is 4.34. The van der Waals surface area contributed by atoms with E-state index >= 15 is 0 Å². The van der Waals surface area contributed by atoms with Crippen LogP contribution < -0.4 is 5.32 Å². The molecule has 19 heavy (non-hydrogen) atoms. The Morgan fingerprint density at radius 2 is 2.05 bits per heavy atom. The fourth-order valence-electron chi connectivity index (χ4n) is 2.66. The minimum atomic E-state index is 0.786. The van der Waals surface area contributed by atoms with Crippen molar-refractivity contribution in [2.45, 2.75) is 25.8 Å². The molecule has 0 aromatic heterocycles. The third-order valence-corrected chi connectivity index (χ3v) is 4.02. The van der Waals surface area contributed by atoms with E-state index in [9.17, 15) is 0 Å². The maximum atomic E-state index is 9.02. The Morgan fingerprint density at radius 3 is 2.79 bits per heavy atom. The van der Waals surface area contributed by atoms with Crippen LogP contribution in [0.3, 0.4) is 0 Å². The molecular formula is C16H23N3. The number of hydrogen-bond donors (Lipinski definition) is 1. The predicted octanol–water partition coefficient (Wildman–Crippen LogP) is 2.38. The van der Waals surface area contributed by atoms with Gasteiger partial charge in [0.1, 0.15) is 0 Å². The van der Waals surface area contributed by atoms with Crippen molar-refractivity contribution in [3.05, 3.63) is 35.4 Å². The summed E-state index contributed by atoms with van der Waals surface area (Å²) < 4.78 is 0. The first-order valence-corrected chi connectivity index (χ1v) is 7.17. The van der Waals surface area contributed by atoms with Crippen molar-refractivity contribution >= 4 is 0 Å². The molecule has 1 N–H and O–H groups in total. The molecule has 1 aromatic carbocycles. The summed E-state index contributed by atoms with van der Waals surface area (Å²) in [5.74, 6) is 0.870. The van der Waals surface area contributed by atoms with Gasteiger partial charge in [-0.25, -0.2) is 0 Å². The summed E-state index contributed by atoms with van der Waals surface area (Å²) in [6.45, 7) is 4.33.